The van der Waals surface area contributed by atoms with Crippen LogP contribution in [0.4, 0.5) is 0 Å². The van der Waals surface area contributed by atoms with Crippen molar-refractivity contribution in [1.29, 1.82) is 0 Å². The Morgan fingerprint density at radius 1 is 1.67 bits per heavy atom. The maximum absolute atomic E-state index is 12.2. The van der Waals surface area contributed by atoms with Gasteiger partial charge in [-0.05, 0) is 0 Å². The van der Waals surface area contributed by atoms with Crippen molar-refractivity contribution < 1.29 is 13.5 Å². The second-order valence-electron chi connectivity index (χ2n) is 4.49. The maximum Gasteiger partial charge on any atom is 0.167 e. The molecule has 1 fully saturated rings. The molecule has 2 unspecified atom stereocenters. The molecule has 2 aliphatic rings. The van der Waals surface area contributed by atoms with Gasteiger partial charge in [-0.2, -0.15) is 0 Å². The van der Waals surface area contributed by atoms with Crippen molar-refractivity contribution in [2.24, 2.45) is 4.99 Å². The number of nitrogens with one attached hydrogen (secondary N) is 1. The van der Waals surface area contributed by atoms with Gasteiger partial charge in [0.1, 0.15) is 11.0 Å². The zero-order valence-corrected chi connectivity index (χ0v) is 12.0. The molecule has 0 aromatic rings. The predicted octanol–water partition coefficient (Wildman–Crippen LogP) is -0.884. The molecule has 2 N–H and O–H groups in total. The molecule has 2 atom stereocenters. The van der Waals surface area contributed by atoms with E-state index < -0.39 is 20.9 Å². The van der Waals surface area contributed by atoms with E-state index in [0.717, 1.165) is 6.54 Å². The minimum absolute atomic E-state index is 0.105. The van der Waals surface area contributed by atoms with Crippen molar-refractivity contribution in [3.8, 4) is 0 Å². The van der Waals surface area contributed by atoms with Crippen LogP contribution in [0.1, 0.15) is 6.92 Å². The van der Waals surface area contributed by atoms with Crippen LogP contribution in [0.2, 0.25) is 0 Å². The van der Waals surface area contributed by atoms with Crippen LogP contribution < -0.4 is 5.32 Å². The molecule has 2 rings (SSSR count). The Bertz CT molecular complexity index is 426. The van der Waals surface area contributed by atoms with Crippen molar-refractivity contribution in [3.63, 3.8) is 0 Å². The van der Waals surface area contributed by atoms with E-state index in [-0.39, 0.29) is 12.4 Å². The average molecular weight is 293 g/mol. The molecular weight excluding hydrogens is 274 g/mol. The predicted molar refractivity (Wildman–Crippen MR) is 73.6 cm³/mol. The molecule has 6 nitrogen and oxygen atoms in total. The summed E-state index contributed by atoms with van der Waals surface area (Å²) in [4.78, 5) is 6.18. The van der Waals surface area contributed by atoms with Crippen LogP contribution in [0.15, 0.2) is 4.99 Å². The lowest BCUT2D eigenvalue weighted by Gasteiger charge is -2.44. The summed E-state index contributed by atoms with van der Waals surface area (Å²) in [5.74, 6) is 0.716. The standard InChI is InChI=1S/C10H19N3O3S2/c1-2-18(15,16)9-5-11-3-4-13(9)10(6-14)7-17-8-12-10/h8-9,11,14H,2-7H2,1H3. The highest BCUT2D eigenvalue weighted by Crippen LogP contribution is 2.31. The number of aliphatic hydroxyl groups excluding tert-OH is 1. The number of hydrogen-bond acceptors (Lipinski definition) is 7. The second kappa shape index (κ2) is 5.46. The van der Waals surface area contributed by atoms with E-state index in [4.69, 9.17) is 0 Å². The molecule has 0 aromatic heterocycles. The molecule has 0 radical (unpaired) electrons. The molecule has 2 aliphatic heterocycles. The second-order valence-corrected chi connectivity index (χ2v) is 7.77. The van der Waals surface area contributed by atoms with Crippen molar-refractivity contribution in [3.05, 3.63) is 0 Å². The molecule has 1 saturated heterocycles. The summed E-state index contributed by atoms with van der Waals surface area (Å²) in [6.45, 7) is 3.21. The number of rotatable bonds is 4. The molecular formula is C10H19N3O3S2. The molecule has 0 aliphatic carbocycles. The third-order valence-corrected chi connectivity index (χ3v) is 6.42. The Hall–Kier alpha value is -0.150. The maximum atomic E-state index is 12.2. The molecule has 104 valence electrons. The van der Waals surface area contributed by atoms with E-state index >= 15 is 0 Å². The summed E-state index contributed by atoms with van der Waals surface area (Å²) in [7, 11) is -3.19. The number of thioether (sulfide) groups is 1. The average Bonchev–Trinajstić information content (AvgIpc) is 2.89. The van der Waals surface area contributed by atoms with Gasteiger partial charge >= 0.3 is 0 Å². The van der Waals surface area contributed by atoms with Gasteiger partial charge in [-0.3, -0.25) is 9.89 Å². The van der Waals surface area contributed by atoms with E-state index in [1.165, 1.54) is 11.8 Å². The summed E-state index contributed by atoms with van der Waals surface area (Å²) in [5.41, 5.74) is 0.938. The topological polar surface area (TPSA) is 82.0 Å². The zero-order valence-electron chi connectivity index (χ0n) is 10.4. The fourth-order valence-electron chi connectivity index (χ4n) is 2.35. The van der Waals surface area contributed by atoms with Crippen LogP contribution in [-0.2, 0) is 9.84 Å². The molecule has 0 bridgehead atoms. The molecule has 8 heteroatoms. The van der Waals surface area contributed by atoms with Crippen molar-refractivity contribution in [1.82, 2.24) is 10.2 Å². The first-order valence-corrected chi connectivity index (χ1v) is 8.77. The summed E-state index contributed by atoms with van der Waals surface area (Å²) in [5, 5.41) is 12.2. The number of aliphatic hydroxyl groups is 1. The number of aliphatic imine (C=N–C) groups is 1. The molecule has 0 aromatic carbocycles. The van der Waals surface area contributed by atoms with Crippen LogP contribution >= 0.6 is 11.8 Å². The first kappa shape index (κ1) is 14.3. The lowest BCUT2D eigenvalue weighted by molar-refractivity contribution is 0.0327. The van der Waals surface area contributed by atoms with Crippen molar-refractivity contribution in [2.75, 3.05) is 37.7 Å². The van der Waals surface area contributed by atoms with Gasteiger partial charge in [0.2, 0.25) is 0 Å². The fraction of sp³-hybridized carbons (Fsp3) is 0.900. The summed E-state index contributed by atoms with van der Waals surface area (Å²) >= 11 is 1.51. The highest BCUT2D eigenvalue weighted by molar-refractivity contribution is 8.12. The molecule has 0 saturated carbocycles. The van der Waals surface area contributed by atoms with Crippen LogP contribution in [0, 0.1) is 0 Å². The first-order valence-electron chi connectivity index (χ1n) is 6.01. The molecule has 0 spiro atoms. The Labute approximate surface area is 112 Å². The van der Waals surface area contributed by atoms with Crippen LogP contribution in [-0.4, -0.2) is 72.8 Å². The third kappa shape index (κ3) is 2.44. The number of nitrogens with zero attached hydrogens (tertiary/aromatic N) is 2. The Balaban J connectivity index is 2.31. The minimum atomic E-state index is -3.19. The van der Waals surface area contributed by atoms with Gasteiger partial charge in [-0.15, -0.1) is 11.8 Å². The lowest BCUT2D eigenvalue weighted by atomic mass is 10.1. The van der Waals surface area contributed by atoms with Crippen LogP contribution in [0.3, 0.4) is 0 Å². The van der Waals surface area contributed by atoms with E-state index in [2.05, 4.69) is 10.3 Å². The molecule has 2 heterocycles. The fourth-order valence-corrected chi connectivity index (χ4v) is 4.74. The third-order valence-electron chi connectivity index (χ3n) is 3.48. The van der Waals surface area contributed by atoms with Gasteiger partial charge < -0.3 is 10.4 Å². The minimum Gasteiger partial charge on any atom is -0.392 e. The smallest absolute Gasteiger partial charge is 0.167 e. The SMILES string of the molecule is CCS(=O)(=O)C1CNCCN1C1(CO)CSC=N1. The van der Waals surface area contributed by atoms with Crippen LogP contribution in [0.5, 0.6) is 0 Å². The van der Waals surface area contributed by atoms with Gasteiger partial charge in [0, 0.05) is 31.1 Å². The van der Waals surface area contributed by atoms with Crippen LogP contribution in [0.25, 0.3) is 0 Å². The zero-order chi connectivity index (χ0) is 13.2. The van der Waals surface area contributed by atoms with Gasteiger partial charge in [0.05, 0.1) is 12.2 Å². The molecule has 18 heavy (non-hydrogen) atoms. The van der Waals surface area contributed by atoms with E-state index in [9.17, 15) is 13.5 Å². The highest BCUT2D eigenvalue weighted by atomic mass is 32.2. The number of piperazine rings is 1. The Morgan fingerprint density at radius 3 is 3.00 bits per heavy atom. The number of sulfone groups is 1. The summed E-state index contributed by atoms with van der Waals surface area (Å²) < 4.78 is 24.3. The Kier molecular flexibility index (Phi) is 4.32. The van der Waals surface area contributed by atoms with E-state index in [1.54, 1.807) is 12.5 Å². The number of hydrogen-bond donors (Lipinski definition) is 2. The van der Waals surface area contributed by atoms with Gasteiger partial charge in [-0.25, -0.2) is 8.42 Å². The lowest BCUT2D eigenvalue weighted by Crippen LogP contribution is -2.64. The van der Waals surface area contributed by atoms with Crippen molar-refractivity contribution >= 4 is 27.1 Å². The monoisotopic (exact) mass is 293 g/mol. The van der Waals surface area contributed by atoms with Gasteiger partial charge in [-0.1, -0.05) is 6.92 Å². The first-order chi connectivity index (χ1) is 8.56. The Morgan fingerprint density at radius 2 is 2.44 bits per heavy atom. The van der Waals surface area contributed by atoms with Gasteiger partial charge in [0.25, 0.3) is 0 Å². The molecule has 0 amide bonds. The highest BCUT2D eigenvalue weighted by Gasteiger charge is 2.46. The van der Waals surface area contributed by atoms with Crippen molar-refractivity contribution in [2.45, 2.75) is 18.0 Å². The van der Waals surface area contributed by atoms with Gasteiger partial charge in [0.15, 0.2) is 9.84 Å². The quantitative estimate of drug-likeness (QED) is 0.700. The largest absolute Gasteiger partial charge is 0.392 e. The normalized spacial score (nSPS) is 34.0. The summed E-state index contributed by atoms with van der Waals surface area (Å²) in [6, 6.07) is 0. The van der Waals surface area contributed by atoms with E-state index in [0.29, 0.717) is 18.8 Å². The van der Waals surface area contributed by atoms with E-state index in [1.807, 2.05) is 4.90 Å². The summed E-state index contributed by atoms with van der Waals surface area (Å²) in [6.07, 6.45) is 0.